The van der Waals surface area contributed by atoms with E-state index >= 15 is 0 Å². The van der Waals surface area contributed by atoms with E-state index in [1.54, 1.807) is 19.4 Å². The van der Waals surface area contributed by atoms with Gasteiger partial charge in [-0.2, -0.15) is 0 Å². The highest BCUT2D eigenvalue weighted by atomic mass is 79.9. The second-order valence-corrected chi connectivity index (χ2v) is 9.00. The van der Waals surface area contributed by atoms with Crippen molar-refractivity contribution in [3.63, 3.8) is 0 Å². The summed E-state index contributed by atoms with van der Waals surface area (Å²) in [6.45, 7) is 3.85. The van der Waals surface area contributed by atoms with Gasteiger partial charge in [-0.1, -0.05) is 13.8 Å². The van der Waals surface area contributed by atoms with Crippen molar-refractivity contribution >= 4 is 49.9 Å². The number of halogens is 3. The number of carbonyl (C=O) groups excluding carboxylic acids is 1. The molecule has 0 aliphatic carbocycles. The van der Waals surface area contributed by atoms with Crippen LogP contribution in [-0.2, 0) is 0 Å². The highest BCUT2D eigenvalue weighted by Gasteiger charge is 2.19. The minimum Gasteiger partial charge on any atom is -0.373 e. The van der Waals surface area contributed by atoms with Crippen molar-refractivity contribution in [3.8, 4) is 5.69 Å². The van der Waals surface area contributed by atoms with Crippen LogP contribution in [0.4, 0.5) is 30.8 Å². The molecule has 0 spiro atoms. The molecular formula is C25H22BrF2N5O2. The van der Waals surface area contributed by atoms with Crippen molar-refractivity contribution in [1.82, 2.24) is 9.55 Å². The molecule has 0 fully saturated rings. The summed E-state index contributed by atoms with van der Waals surface area (Å²) in [5, 5.41) is 9.44. The van der Waals surface area contributed by atoms with Crippen LogP contribution in [0.15, 0.2) is 64.1 Å². The Hall–Kier alpha value is -3.79. The number of carbonyl (C=O) groups is 1. The zero-order valence-electron chi connectivity index (χ0n) is 19.1. The lowest BCUT2D eigenvalue weighted by atomic mass is 9.99. The number of fused-ring (bicyclic) bond motifs is 1. The van der Waals surface area contributed by atoms with Crippen molar-refractivity contribution in [2.75, 3.05) is 23.0 Å². The average molecular weight is 542 g/mol. The van der Waals surface area contributed by atoms with Crippen LogP contribution in [0.5, 0.6) is 0 Å². The fraction of sp³-hybridized carbons (Fsp3) is 0.160. The third-order valence-electron chi connectivity index (χ3n) is 5.42. The zero-order valence-corrected chi connectivity index (χ0v) is 20.7. The lowest BCUT2D eigenvalue weighted by molar-refractivity contribution is 0.262. The van der Waals surface area contributed by atoms with E-state index in [0.717, 1.165) is 10.8 Å². The first kappa shape index (κ1) is 24.3. The molecule has 4 aromatic rings. The van der Waals surface area contributed by atoms with Crippen molar-refractivity contribution < 1.29 is 13.6 Å². The molecule has 180 valence electrons. The molecule has 35 heavy (non-hydrogen) atoms. The van der Waals surface area contributed by atoms with E-state index in [4.69, 9.17) is 0 Å². The van der Waals surface area contributed by atoms with E-state index in [1.807, 2.05) is 19.9 Å². The van der Waals surface area contributed by atoms with Crippen LogP contribution in [0, 0.1) is 11.6 Å². The maximum absolute atomic E-state index is 14.7. The third kappa shape index (κ3) is 5.02. The number of aromatic nitrogens is 2. The van der Waals surface area contributed by atoms with Gasteiger partial charge >= 0.3 is 6.03 Å². The fourth-order valence-corrected chi connectivity index (χ4v) is 4.26. The number of anilines is 3. The van der Waals surface area contributed by atoms with Crippen molar-refractivity contribution in [2.24, 2.45) is 0 Å². The van der Waals surface area contributed by atoms with E-state index in [-0.39, 0.29) is 17.2 Å². The lowest BCUT2D eigenvalue weighted by Crippen LogP contribution is -2.24. The molecule has 2 aromatic carbocycles. The van der Waals surface area contributed by atoms with Crippen molar-refractivity contribution in [1.29, 1.82) is 0 Å². The lowest BCUT2D eigenvalue weighted by Gasteiger charge is -2.17. The Bertz CT molecular complexity index is 1490. The van der Waals surface area contributed by atoms with Gasteiger partial charge in [-0.05, 0) is 69.7 Å². The van der Waals surface area contributed by atoms with Gasteiger partial charge in [0.2, 0.25) is 0 Å². The molecule has 0 aliphatic heterocycles. The molecule has 0 saturated heterocycles. The van der Waals surface area contributed by atoms with Crippen LogP contribution in [0.1, 0.15) is 25.3 Å². The summed E-state index contributed by atoms with van der Waals surface area (Å²) in [4.78, 5) is 30.3. The van der Waals surface area contributed by atoms with Gasteiger partial charge in [0, 0.05) is 40.6 Å². The molecule has 4 rings (SSSR count). The summed E-state index contributed by atoms with van der Waals surface area (Å²) in [5.41, 5.74) is 0.859. The van der Waals surface area contributed by atoms with Crippen molar-refractivity contribution in [2.45, 2.75) is 19.8 Å². The first-order valence-electron chi connectivity index (χ1n) is 10.7. The largest absolute Gasteiger partial charge is 0.373 e. The summed E-state index contributed by atoms with van der Waals surface area (Å²) in [7, 11) is 1.75. The summed E-state index contributed by atoms with van der Waals surface area (Å²) in [5.74, 6) is -0.604. The van der Waals surface area contributed by atoms with E-state index < -0.39 is 17.7 Å². The van der Waals surface area contributed by atoms with Gasteiger partial charge in [0.15, 0.2) is 0 Å². The number of hydrogen-bond acceptors (Lipinski definition) is 4. The first-order valence-corrected chi connectivity index (χ1v) is 11.5. The molecule has 7 nitrogen and oxygen atoms in total. The molecule has 0 aliphatic rings. The predicted molar refractivity (Wildman–Crippen MR) is 138 cm³/mol. The Morgan fingerprint density at radius 3 is 2.46 bits per heavy atom. The number of nitrogens with zero attached hydrogens (tertiary/aromatic N) is 2. The highest BCUT2D eigenvalue weighted by Crippen LogP contribution is 2.30. The molecular weight excluding hydrogens is 520 g/mol. The second kappa shape index (κ2) is 9.83. The molecule has 3 N–H and O–H groups in total. The van der Waals surface area contributed by atoms with Gasteiger partial charge in [0.1, 0.15) is 17.5 Å². The quantitative estimate of drug-likeness (QED) is 0.279. The van der Waals surface area contributed by atoms with Gasteiger partial charge in [-0.25, -0.2) is 18.6 Å². The van der Waals surface area contributed by atoms with Gasteiger partial charge < -0.3 is 16.0 Å². The fourth-order valence-electron chi connectivity index (χ4n) is 3.75. The number of nitrogens with one attached hydrogen (secondary N) is 3. The SMILES string of the molecule is CNc1cc2c(C(C)C)c(=O)n(-c3cc(NC(=O)Nc4ccc(F)cc4)c(F)cc3Br)cc2cn1. The Kier molecular flexibility index (Phi) is 6.83. The molecule has 2 aromatic heterocycles. The summed E-state index contributed by atoms with van der Waals surface area (Å²) in [6.07, 6.45) is 3.30. The van der Waals surface area contributed by atoms with Gasteiger partial charge in [-0.15, -0.1) is 0 Å². The van der Waals surface area contributed by atoms with E-state index in [0.29, 0.717) is 27.2 Å². The molecule has 0 atom stereocenters. The smallest absolute Gasteiger partial charge is 0.323 e. The molecule has 0 radical (unpaired) electrons. The van der Waals surface area contributed by atoms with Crippen molar-refractivity contribution in [3.05, 3.63) is 86.9 Å². The van der Waals surface area contributed by atoms with E-state index in [9.17, 15) is 18.4 Å². The Morgan fingerprint density at radius 1 is 1.09 bits per heavy atom. The summed E-state index contributed by atoms with van der Waals surface area (Å²) < 4.78 is 29.5. The summed E-state index contributed by atoms with van der Waals surface area (Å²) in [6, 6.07) is 8.81. The van der Waals surface area contributed by atoms with Crippen LogP contribution in [0.25, 0.3) is 16.5 Å². The Balaban J connectivity index is 1.77. The first-order chi connectivity index (χ1) is 16.7. The van der Waals surface area contributed by atoms with Crippen LogP contribution in [0.3, 0.4) is 0 Å². The number of hydrogen-bond donors (Lipinski definition) is 3. The number of amides is 2. The van der Waals surface area contributed by atoms with Crippen LogP contribution in [0.2, 0.25) is 0 Å². The second-order valence-electron chi connectivity index (χ2n) is 8.15. The zero-order chi connectivity index (χ0) is 25.3. The van der Waals surface area contributed by atoms with Crippen LogP contribution >= 0.6 is 15.9 Å². The van der Waals surface area contributed by atoms with Crippen LogP contribution in [-0.4, -0.2) is 22.6 Å². The number of pyridine rings is 2. The molecule has 0 bridgehead atoms. The maximum Gasteiger partial charge on any atom is 0.323 e. The van der Waals surface area contributed by atoms with Crippen LogP contribution < -0.4 is 21.5 Å². The van der Waals surface area contributed by atoms with E-state index in [2.05, 4.69) is 36.9 Å². The summed E-state index contributed by atoms with van der Waals surface area (Å²) >= 11 is 3.34. The Morgan fingerprint density at radius 2 is 1.80 bits per heavy atom. The average Bonchev–Trinajstić information content (AvgIpc) is 2.81. The molecule has 0 unspecified atom stereocenters. The molecule has 2 heterocycles. The monoisotopic (exact) mass is 541 g/mol. The molecule has 2 amide bonds. The van der Waals surface area contributed by atoms with Gasteiger partial charge in [0.25, 0.3) is 5.56 Å². The van der Waals surface area contributed by atoms with Gasteiger partial charge in [-0.3, -0.25) is 9.36 Å². The maximum atomic E-state index is 14.7. The Labute approximate surface area is 208 Å². The highest BCUT2D eigenvalue weighted by molar-refractivity contribution is 9.10. The number of benzene rings is 2. The van der Waals surface area contributed by atoms with E-state index in [1.165, 1.54) is 41.0 Å². The minimum atomic E-state index is -0.721. The normalized spacial score (nSPS) is 11.1. The number of urea groups is 1. The third-order valence-corrected chi connectivity index (χ3v) is 6.06. The number of rotatable bonds is 5. The predicted octanol–water partition coefficient (Wildman–Crippen LogP) is 6.24. The standard InChI is InChI=1S/C25H22BrF2N5O2/c1-13(2)23-17-8-22(29-3)30-11-14(17)12-33(24(23)34)21-10-20(19(28)9-18(21)26)32-25(35)31-16-6-4-15(27)5-7-16/h4-13,29H,1-3H3,(H2,31,32,35). The minimum absolute atomic E-state index is 0.0946. The topological polar surface area (TPSA) is 88.0 Å². The van der Waals surface area contributed by atoms with Gasteiger partial charge in [0.05, 0.1) is 11.4 Å². The molecule has 0 saturated carbocycles. The molecule has 10 heteroatoms.